The second-order valence-electron chi connectivity index (χ2n) is 16.5. The van der Waals surface area contributed by atoms with Crippen LogP contribution in [0.4, 0.5) is 0 Å². The topological polar surface area (TPSA) is 168 Å². The van der Waals surface area contributed by atoms with Gasteiger partial charge in [-0.1, -0.05) is 69.3 Å². The molecule has 4 fully saturated rings. The Morgan fingerprint density at radius 1 is 0.982 bits per heavy atom. The molecule has 2 aliphatic heterocycles. The van der Waals surface area contributed by atoms with Gasteiger partial charge in [0.15, 0.2) is 0 Å². The number of para-hydroxylation sites is 2. The Hall–Kier alpha value is -4.85. The summed E-state index contributed by atoms with van der Waals surface area (Å²) in [5.74, 6) is -2.94. The number of nitrogens with zero attached hydrogens (tertiary/aromatic N) is 4. The standard InChI is InChI=1S/C41H50N6O7S/c1-5-27-24-41(27,39(51)45-55(52,53)29-18-19-29)44-36(49)33-22-28(25-47(33)38(50)30(40(2,3)4)23-34(48)46-20-12-7-13-21-46)54-37-35(26-14-8-6-9-15-26)42-31-16-10-11-17-32(31)43-37/h5-6,8-11,14-17,27-30,33H,1,7,12-13,18-25H2,2-4H3,(H,44,49)(H,45,51)/t27-,28-,30-,33+,41-/m1/s1. The molecular formula is C41H50N6O7S. The summed E-state index contributed by atoms with van der Waals surface area (Å²) in [5.41, 5.74) is 0.387. The van der Waals surface area contributed by atoms with Gasteiger partial charge in [0.1, 0.15) is 23.4 Å². The summed E-state index contributed by atoms with van der Waals surface area (Å²) in [6.07, 6.45) is 4.83. The van der Waals surface area contributed by atoms with E-state index in [0.717, 1.165) is 24.8 Å². The second-order valence-corrected chi connectivity index (χ2v) is 18.4. The Morgan fingerprint density at radius 2 is 1.64 bits per heavy atom. The minimum absolute atomic E-state index is 0.00425. The maximum absolute atomic E-state index is 14.8. The van der Waals surface area contributed by atoms with Gasteiger partial charge in [0, 0.05) is 37.4 Å². The van der Waals surface area contributed by atoms with Crippen molar-refractivity contribution in [3.63, 3.8) is 0 Å². The summed E-state index contributed by atoms with van der Waals surface area (Å²) < 4.78 is 34.3. The van der Waals surface area contributed by atoms with Gasteiger partial charge >= 0.3 is 0 Å². The van der Waals surface area contributed by atoms with Crippen LogP contribution in [-0.2, 0) is 29.2 Å². The molecule has 13 nitrogen and oxygen atoms in total. The van der Waals surface area contributed by atoms with E-state index >= 15 is 0 Å². The van der Waals surface area contributed by atoms with E-state index in [1.54, 1.807) is 0 Å². The molecule has 2 aliphatic carbocycles. The molecule has 2 aromatic carbocycles. The number of carbonyl (C=O) groups excluding carboxylic acids is 4. The van der Waals surface area contributed by atoms with Crippen LogP contribution in [0.1, 0.15) is 72.1 Å². The summed E-state index contributed by atoms with van der Waals surface area (Å²) in [7, 11) is -3.89. The number of hydrogen-bond acceptors (Lipinski definition) is 9. The number of fused-ring (bicyclic) bond motifs is 1. The highest BCUT2D eigenvalue weighted by Gasteiger charge is 2.62. The third-order valence-corrected chi connectivity index (χ3v) is 13.2. The van der Waals surface area contributed by atoms with Crippen LogP contribution in [0.15, 0.2) is 67.3 Å². The van der Waals surface area contributed by atoms with Crippen molar-refractivity contribution >= 4 is 44.7 Å². The molecule has 3 heterocycles. The van der Waals surface area contributed by atoms with Gasteiger partial charge in [0.25, 0.3) is 5.91 Å². The number of hydrogen-bond donors (Lipinski definition) is 2. The molecule has 2 saturated carbocycles. The molecule has 1 aromatic heterocycles. The van der Waals surface area contributed by atoms with Gasteiger partial charge in [-0.2, -0.15) is 0 Å². The maximum atomic E-state index is 14.8. The van der Waals surface area contributed by atoms with Crippen LogP contribution in [0.5, 0.6) is 5.88 Å². The van der Waals surface area contributed by atoms with Crippen molar-refractivity contribution in [2.45, 2.75) is 95.1 Å². The molecule has 55 heavy (non-hydrogen) atoms. The number of ether oxygens (including phenoxy) is 1. The van der Waals surface area contributed by atoms with E-state index in [0.29, 0.717) is 42.7 Å². The molecule has 0 unspecified atom stereocenters. The number of nitrogens with one attached hydrogen (secondary N) is 2. The summed E-state index contributed by atoms with van der Waals surface area (Å²) >= 11 is 0. The minimum atomic E-state index is -3.89. The van der Waals surface area contributed by atoms with Crippen LogP contribution >= 0.6 is 0 Å². The van der Waals surface area contributed by atoms with Crippen LogP contribution in [0.3, 0.4) is 0 Å². The van der Waals surface area contributed by atoms with E-state index in [4.69, 9.17) is 14.7 Å². The van der Waals surface area contributed by atoms with Gasteiger partial charge in [-0.15, -0.1) is 6.58 Å². The number of sulfonamides is 1. The summed E-state index contributed by atoms with van der Waals surface area (Å²) in [6, 6.07) is 15.8. The first-order valence-corrected chi connectivity index (χ1v) is 20.8. The number of aromatic nitrogens is 2. The van der Waals surface area contributed by atoms with Crippen LogP contribution < -0.4 is 14.8 Å². The van der Waals surface area contributed by atoms with Gasteiger partial charge in [-0.05, 0) is 56.1 Å². The molecular weight excluding hydrogens is 721 g/mol. The normalized spacial score (nSPS) is 24.5. The average Bonchev–Trinajstić information content (AvgIpc) is 4.10. The first-order chi connectivity index (χ1) is 26.2. The van der Waals surface area contributed by atoms with Crippen molar-refractivity contribution in [2.24, 2.45) is 17.3 Å². The average molecular weight is 771 g/mol. The predicted octanol–water partition coefficient (Wildman–Crippen LogP) is 4.38. The monoisotopic (exact) mass is 770 g/mol. The number of carbonyl (C=O) groups is 4. The first kappa shape index (κ1) is 38.4. The zero-order valence-corrected chi connectivity index (χ0v) is 32.5. The molecule has 2 N–H and O–H groups in total. The number of likely N-dealkylation sites (tertiary alicyclic amines) is 2. The lowest BCUT2D eigenvalue weighted by molar-refractivity contribution is -0.148. The quantitative estimate of drug-likeness (QED) is 0.254. The summed E-state index contributed by atoms with van der Waals surface area (Å²) in [5, 5.41) is 2.22. The Morgan fingerprint density at radius 3 is 2.25 bits per heavy atom. The first-order valence-electron chi connectivity index (χ1n) is 19.3. The molecule has 5 atom stereocenters. The molecule has 0 radical (unpaired) electrons. The Labute approximate surface area is 322 Å². The Balaban J connectivity index is 1.20. The van der Waals surface area contributed by atoms with Crippen molar-refractivity contribution < 1.29 is 32.3 Å². The lowest BCUT2D eigenvalue weighted by atomic mass is 9.77. The lowest BCUT2D eigenvalue weighted by Crippen LogP contribution is -2.57. The lowest BCUT2D eigenvalue weighted by Gasteiger charge is -2.36. The predicted molar refractivity (Wildman–Crippen MR) is 207 cm³/mol. The smallest absolute Gasteiger partial charge is 0.259 e. The maximum Gasteiger partial charge on any atom is 0.259 e. The van der Waals surface area contributed by atoms with Crippen LogP contribution in [0.25, 0.3) is 22.3 Å². The third kappa shape index (κ3) is 8.10. The van der Waals surface area contributed by atoms with E-state index in [9.17, 15) is 27.6 Å². The van der Waals surface area contributed by atoms with Crippen molar-refractivity contribution in [3.8, 4) is 17.1 Å². The van der Waals surface area contributed by atoms with Gasteiger partial charge in [0.05, 0.1) is 28.7 Å². The summed E-state index contributed by atoms with van der Waals surface area (Å²) in [4.78, 5) is 69.5. The van der Waals surface area contributed by atoms with Gasteiger partial charge in [-0.25, -0.2) is 18.4 Å². The zero-order chi connectivity index (χ0) is 39.1. The third-order valence-electron chi connectivity index (χ3n) is 11.4. The molecule has 292 valence electrons. The zero-order valence-electron chi connectivity index (χ0n) is 31.7. The van der Waals surface area contributed by atoms with Crippen molar-refractivity contribution in [1.29, 1.82) is 0 Å². The number of amides is 4. The molecule has 4 aliphatic rings. The molecule has 4 amide bonds. The molecule has 14 heteroatoms. The minimum Gasteiger partial charge on any atom is -0.471 e. The highest BCUT2D eigenvalue weighted by atomic mass is 32.2. The molecule has 0 bridgehead atoms. The molecule has 3 aromatic rings. The second kappa shape index (κ2) is 15.0. The van der Waals surface area contributed by atoms with Crippen molar-refractivity contribution in [1.82, 2.24) is 29.8 Å². The molecule has 7 rings (SSSR count). The van der Waals surface area contributed by atoms with Crippen LogP contribution in [0.2, 0.25) is 0 Å². The molecule has 0 spiro atoms. The summed E-state index contributed by atoms with van der Waals surface area (Å²) in [6.45, 7) is 10.8. The van der Waals surface area contributed by atoms with Gasteiger partial charge in [-0.3, -0.25) is 23.9 Å². The van der Waals surface area contributed by atoms with E-state index in [1.165, 1.54) is 11.0 Å². The van der Waals surface area contributed by atoms with Crippen LogP contribution in [0, 0.1) is 17.3 Å². The van der Waals surface area contributed by atoms with E-state index < -0.39 is 62.0 Å². The van der Waals surface area contributed by atoms with Crippen LogP contribution in [-0.4, -0.2) is 94.4 Å². The largest absolute Gasteiger partial charge is 0.471 e. The van der Waals surface area contributed by atoms with E-state index in [2.05, 4.69) is 16.6 Å². The van der Waals surface area contributed by atoms with E-state index in [-0.39, 0.29) is 43.5 Å². The van der Waals surface area contributed by atoms with E-state index in [1.807, 2.05) is 80.3 Å². The highest BCUT2D eigenvalue weighted by Crippen LogP contribution is 2.46. The fourth-order valence-corrected chi connectivity index (χ4v) is 9.18. The van der Waals surface area contributed by atoms with Gasteiger partial charge < -0.3 is 19.9 Å². The highest BCUT2D eigenvalue weighted by molar-refractivity contribution is 7.91. The number of piperidine rings is 1. The molecule has 2 saturated heterocycles. The Bertz CT molecular complexity index is 2090. The van der Waals surface area contributed by atoms with Crippen molar-refractivity contribution in [3.05, 3.63) is 67.3 Å². The van der Waals surface area contributed by atoms with Gasteiger partial charge in [0.2, 0.25) is 33.6 Å². The van der Waals surface area contributed by atoms with Crippen molar-refractivity contribution in [2.75, 3.05) is 19.6 Å². The number of benzene rings is 2. The fourth-order valence-electron chi connectivity index (χ4n) is 7.81. The Kier molecular flexibility index (Phi) is 10.5. The fraction of sp³-hybridized carbons (Fsp3) is 0.512. The number of rotatable bonds is 12. The SMILES string of the molecule is C=C[C@@H]1C[C@]1(NC(=O)[C@@H]1C[C@@H](Oc2nc3ccccc3nc2-c2ccccc2)CN1C(=O)[C@@H](CC(=O)N1CCCCC1)C(C)(C)C)C(=O)NS(=O)(=O)C1CC1.